The summed E-state index contributed by atoms with van der Waals surface area (Å²) in [6.45, 7) is 0. The van der Waals surface area contributed by atoms with E-state index in [-0.39, 0.29) is 17.4 Å². The Morgan fingerprint density at radius 3 is 2.41 bits per heavy atom. The zero-order valence-corrected chi connectivity index (χ0v) is 14.6. The summed E-state index contributed by atoms with van der Waals surface area (Å²) in [5, 5.41) is 10.8. The molecule has 1 aromatic carbocycles. The number of carbonyl (C=O) groups excluding carboxylic acids is 2. The molecule has 138 valence electrons. The topological polar surface area (TPSA) is 70.5 Å². The molecule has 27 heavy (non-hydrogen) atoms. The number of benzene rings is 1. The van der Waals surface area contributed by atoms with Gasteiger partial charge < -0.3 is 10.0 Å². The van der Waals surface area contributed by atoms with Crippen LogP contribution < -0.4 is 0 Å². The average Bonchev–Trinajstić information content (AvgIpc) is 3.30. The van der Waals surface area contributed by atoms with Gasteiger partial charge in [-0.05, 0) is 49.2 Å². The fraction of sp³-hybridized carbons (Fsp3) is 0.286. The summed E-state index contributed by atoms with van der Waals surface area (Å²) in [7, 11) is 0. The molecule has 1 saturated heterocycles. The second-order valence-electron chi connectivity index (χ2n) is 6.91. The number of pyridine rings is 1. The van der Waals surface area contributed by atoms with Crippen LogP contribution in [0.25, 0.3) is 5.76 Å². The van der Waals surface area contributed by atoms with E-state index in [0.717, 1.165) is 25.7 Å². The number of aromatic nitrogens is 1. The lowest BCUT2D eigenvalue weighted by Gasteiger charge is -2.30. The summed E-state index contributed by atoms with van der Waals surface area (Å²) >= 11 is 0. The van der Waals surface area contributed by atoms with Crippen LogP contribution >= 0.6 is 0 Å². The van der Waals surface area contributed by atoms with Gasteiger partial charge in [0.1, 0.15) is 17.6 Å². The third kappa shape index (κ3) is 3.01. The van der Waals surface area contributed by atoms with Crippen molar-refractivity contribution >= 4 is 17.4 Å². The first-order chi connectivity index (χ1) is 13.1. The molecule has 2 fully saturated rings. The number of hydrogen-bond donors (Lipinski definition) is 1. The third-order valence-electron chi connectivity index (χ3n) is 5.28. The predicted octanol–water partition coefficient (Wildman–Crippen LogP) is 3.59. The molecule has 1 amide bonds. The molecule has 1 N–H and O–H groups in total. The summed E-state index contributed by atoms with van der Waals surface area (Å²) < 4.78 is 13.2. The summed E-state index contributed by atoms with van der Waals surface area (Å²) in [5.74, 6) is -2.08. The second kappa shape index (κ2) is 6.95. The molecule has 1 aliphatic heterocycles. The number of rotatable bonds is 3. The number of ketones is 1. The predicted molar refractivity (Wildman–Crippen MR) is 97.0 cm³/mol. The van der Waals surface area contributed by atoms with Crippen LogP contribution in [0.3, 0.4) is 0 Å². The number of Topliss-reactive ketones (excluding diaryl/α,β-unsaturated/α-hetero) is 1. The Labute approximate surface area is 156 Å². The van der Waals surface area contributed by atoms with Crippen molar-refractivity contribution < 1.29 is 19.1 Å². The maximum atomic E-state index is 13.2. The Kier molecular flexibility index (Phi) is 4.48. The molecule has 2 aliphatic rings. The Hall–Kier alpha value is -3.02. The third-order valence-corrected chi connectivity index (χ3v) is 5.28. The van der Waals surface area contributed by atoms with Crippen LogP contribution in [-0.4, -0.2) is 32.7 Å². The van der Waals surface area contributed by atoms with Crippen molar-refractivity contribution in [2.75, 3.05) is 0 Å². The summed E-state index contributed by atoms with van der Waals surface area (Å²) in [5.41, 5.74) is 0.839. The first-order valence-corrected chi connectivity index (χ1v) is 9.05. The molecule has 0 radical (unpaired) electrons. The average molecular weight is 366 g/mol. The highest BCUT2D eigenvalue weighted by atomic mass is 19.1. The lowest BCUT2D eigenvalue weighted by molar-refractivity contribution is -0.141. The van der Waals surface area contributed by atoms with Gasteiger partial charge in [-0.15, -0.1) is 0 Å². The van der Waals surface area contributed by atoms with Gasteiger partial charge in [0.25, 0.3) is 11.7 Å². The van der Waals surface area contributed by atoms with Crippen molar-refractivity contribution in [3.8, 4) is 0 Å². The molecule has 4 rings (SSSR count). The molecular weight excluding hydrogens is 347 g/mol. The fourth-order valence-corrected chi connectivity index (χ4v) is 4.00. The van der Waals surface area contributed by atoms with Crippen LogP contribution in [0.5, 0.6) is 0 Å². The van der Waals surface area contributed by atoms with Gasteiger partial charge in [0.2, 0.25) is 0 Å². The first-order valence-electron chi connectivity index (χ1n) is 9.05. The molecule has 0 bridgehead atoms. The molecule has 1 saturated carbocycles. The zero-order chi connectivity index (χ0) is 19.0. The highest BCUT2D eigenvalue weighted by molar-refractivity contribution is 6.46. The molecule has 1 atom stereocenters. The second-order valence-corrected chi connectivity index (χ2v) is 6.91. The van der Waals surface area contributed by atoms with Crippen LogP contribution in [0.1, 0.15) is 43.0 Å². The van der Waals surface area contributed by atoms with Gasteiger partial charge in [-0.25, -0.2) is 4.39 Å². The number of likely N-dealkylation sites (tertiary alicyclic amines) is 1. The molecule has 2 aromatic rings. The Balaban J connectivity index is 1.87. The Bertz CT molecular complexity index is 903. The minimum Gasteiger partial charge on any atom is -0.507 e. The molecule has 2 heterocycles. The minimum absolute atomic E-state index is 0.0113. The Morgan fingerprint density at radius 2 is 1.78 bits per heavy atom. The lowest BCUT2D eigenvalue weighted by Crippen LogP contribution is -2.37. The summed E-state index contributed by atoms with van der Waals surface area (Å²) in [6, 6.07) is 9.70. The van der Waals surface area contributed by atoms with Crippen LogP contribution in [0, 0.1) is 5.82 Å². The van der Waals surface area contributed by atoms with Crippen LogP contribution in [0.15, 0.2) is 54.2 Å². The van der Waals surface area contributed by atoms with Crippen molar-refractivity contribution in [3.05, 3.63) is 71.3 Å². The van der Waals surface area contributed by atoms with E-state index < -0.39 is 23.5 Å². The van der Waals surface area contributed by atoms with Crippen molar-refractivity contribution in [2.45, 2.75) is 37.8 Å². The van der Waals surface area contributed by atoms with Crippen LogP contribution in [0.4, 0.5) is 4.39 Å². The largest absolute Gasteiger partial charge is 0.507 e. The quantitative estimate of drug-likeness (QED) is 0.512. The fourth-order valence-electron chi connectivity index (χ4n) is 4.00. The maximum Gasteiger partial charge on any atom is 0.295 e. The SMILES string of the molecule is O=C1C(=O)N(C2CCCC2)C(c2ccccn2)/C1=C(/O)c1ccc(F)cc1. The highest BCUT2D eigenvalue weighted by Crippen LogP contribution is 2.42. The molecule has 0 spiro atoms. The Morgan fingerprint density at radius 1 is 1.07 bits per heavy atom. The van der Waals surface area contributed by atoms with E-state index in [1.54, 1.807) is 29.3 Å². The van der Waals surface area contributed by atoms with Crippen molar-refractivity contribution in [1.29, 1.82) is 0 Å². The minimum atomic E-state index is -0.737. The van der Waals surface area contributed by atoms with Crippen molar-refractivity contribution in [3.63, 3.8) is 0 Å². The van der Waals surface area contributed by atoms with Crippen molar-refractivity contribution in [1.82, 2.24) is 9.88 Å². The summed E-state index contributed by atoms with van der Waals surface area (Å²) in [4.78, 5) is 31.6. The van der Waals surface area contributed by atoms with Gasteiger partial charge in [0.15, 0.2) is 0 Å². The van der Waals surface area contributed by atoms with Gasteiger partial charge in [-0.1, -0.05) is 18.9 Å². The number of hydrogen-bond acceptors (Lipinski definition) is 4. The van der Waals surface area contributed by atoms with Crippen LogP contribution in [0.2, 0.25) is 0 Å². The molecule has 5 nitrogen and oxygen atoms in total. The van der Waals surface area contributed by atoms with Crippen molar-refractivity contribution in [2.24, 2.45) is 0 Å². The van der Waals surface area contributed by atoms with E-state index in [1.807, 2.05) is 0 Å². The van der Waals surface area contributed by atoms with Gasteiger partial charge in [-0.3, -0.25) is 14.6 Å². The molecule has 1 aromatic heterocycles. The zero-order valence-electron chi connectivity index (χ0n) is 14.6. The molecule has 6 heteroatoms. The van der Waals surface area contributed by atoms with Gasteiger partial charge in [0.05, 0.1) is 11.3 Å². The monoisotopic (exact) mass is 366 g/mol. The van der Waals surface area contributed by atoms with Gasteiger partial charge >= 0.3 is 0 Å². The number of aliphatic hydroxyl groups is 1. The van der Waals surface area contributed by atoms with E-state index in [4.69, 9.17) is 0 Å². The molecule has 1 unspecified atom stereocenters. The number of carbonyl (C=O) groups is 2. The highest BCUT2D eigenvalue weighted by Gasteiger charge is 2.49. The smallest absolute Gasteiger partial charge is 0.295 e. The van der Waals surface area contributed by atoms with E-state index in [1.165, 1.54) is 24.3 Å². The number of halogens is 1. The van der Waals surface area contributed by atoms with Crippen LogP contribution in [-0.2, 0) is 9.59 Å². The van der Waals surface area contributed by atoms with Gasteiger partial charge in [0, 0.05) is 17.8 Å². The van der Waals surface area contributed by atoms with E-state index in [2.05, 4.69) is 4.98 Å². The maximum absolute atomic E-state index is 13.2. The molecular formula is C21H19FN2O3. The van der Waals surface area contributed by atoms with E-state index >= 15 is 0 Å². The lowest BCUT2D eigenvalue weighted by atomic mass is 9.97. The molecule has 1 aliphatic carbocycles. The van der Waals surface area contributed by atoms with Gasteiger partial charge in [-0.2, -0.15) is 0 Å². The van der Waals surface area contributed by atoms with E-state index in [9.17, 15) is 19.1 Å². The number of amides is 1. The normalized spacial score (nSPS) is 22.6. The first kappa shape index (κ1) is 17.4. The summed E-state index contributed by atoms with van der Waals surface area (Å²) in [6.07, 6.45) is 5.25. The standard InChI is InChI=1S/C21H19FN2O3/c22-14-10-8-13(9-11-14)19(25)17-18(16-7-3-4-12-23-16)24(21(27)20(17)26)15-5-1-2-6-15/h3-4,7-12,15,18,25H,1-2,5-6H2/b19-17-. The number of nitrogens with zero attached hydrogens (tertiary/aromatic N) is 2. The number of aliphatic hydroxyl groups excluding tert-OH is 1. The van der Waals surface area contributed by atoms with E-state index in [0.29, 0.717) is 11.3 Å².